The molecule has 0 saturated carbocycles. The first-order chi connectivity index (χ1) is 5.15. The normalized spacial score (nSPS) is 9.55. The van der Waals surface area contributed by atoms with Gasteiger partial charge in [0.05, 0.1) is 7.11 Å². The second-order valence-corrected chi connectivity index (χ2v) is 2.71. The molecule has 0 radical (unpaired) electrons. The van der Waals surface area contributed by atoms with E-state index in [0.717, 1.165) is 11.3 Å². The van der Waals surface area contributed by atoms with Gasteiger partial charge in [-0.15, -0.1) is 0 Å². The number of methoxy groups -OCH3 is 1. The first-order valence-corrected chi connectivity index (χ1v) is 3.50. The highest BCUT2D eigenvalue weighted by molar-refractivity contribution is 7.17. The Kier molecular flexibility index (Phi) is 1.95. The molecule has 1 heterocycles. The van der Waals surface area contributed by atoms with Gasteiger partial charge in [-0.2, -0.15) is 0 Å². The predicted octanol–water partition coefficient (Wildman–Crippen LogP) is 0.218. The summed E-state index contributed by atoms with van der Waals surface area (Å²) in [4.78, 5) is 14.3. The molecule has 0 unspecified atom stereocenters. The molecule has 60 valence electrons. The smallest absolute Gasteiger partial charge is 0.361 e. The number of carbonyl (C=O) groups excluding carboxylic acids is 1. The number of aromatic hydroxyl groups is 1. The zero-order valence-corrected chi connectivity index (χ0v) is 6.51. The number of carbonyl (C=O) groups is 1. The number of rotatable bonds is 1. The molecule has 1 aromatic heterocycles. The zero-order valence-electron chi connectivity index (χ0n) is 5.70. The quantitative estimate of drug-likeness (QED) is 0.595. The molecule has 11 heavy (non-hydrogen) atoms. The molecule has 6 heteroatoms. The molecule has 0 aliphatic carbocycles. The Morgan fingerprint density at radius 2 is 2.45 bits per heavy atom. The molecule has 0 atom stereocenters. The maximum Gasteiger partial charge on any atom is 0.361 e. The van der Waals surface area contributed by atoms with Gasteiger partial charge < -0.3 is 15.6 Å². The lowest BCUT2D eigenvalue weighted by molar-refractivity contribution is 0.0592. The van der Waals surface area contributed by atoms with Crippen LogP contribution in [0.1, 0.15) is 10.5 Å². The lowest BCUT2D eigenvalue weighted by Gasteiger charge is -1.92. The van der Waals surface area contributed by atoms with Gasteiger partial charge in [-0.05, 0) is 0 Å². The number of aromatic nitrogens is 1. The summed E-state index contributed by atoms with van der Waals surface area (Å²) in [7, 11) is 1.21. The van der Waals surface area contributed by atoms with Crippen LogP contribution in [-0.4, -0.2) is 23.2 Å². The Bertz CT molecular complexity index is 283. The minimum atomic E-state index is -0.685. The van der Waals surface area contributed by atoms with Crippen LogP contribution in [0.15, 0.2) is 0 Å². The van der Waals surface area contributed by atoms with Crippen molar-refractivity contribution in [3.05, 3.63) is 5.69 Å². The molecule has 0 bridgehead atoms. The minimum Gasteiger partial charge on any atom is -0.498 e. The first kappa shape index (κ1) is 7.80. The third-order valence-electron chi connectivity index (χ3n) is 1.00. The van der Waals surface area contributed by atoms with Crippen molar-refractivity contribution in [1.29, 1.82) is 0 Å². The maximum atomic E-state index is 10.8. The van der Waals surface area contributed by atoms with Gasteiger partial charge in [0.15, 0.2) is 5.13 Å². The SMILES string of the molecule is COC(=O)c1nc(N)sc1O. The monoisotopic (exact) mass is 174 g/mol. The van der Waals surface area contributed by atoms with E-state index < -0.39 is 5.97 Å². The molecule has 0 spiro atoms. The van der Waals surface area contributed by atoms with Crippen LogP contribution in [0.4, 0.5) is 5.13 Å². The van der Waals surface area contributed by atoms with Crippen LogP contribution in [0.3, 0.4) is 0 Å². The van der Waals surface area contributed by atoms with Crippen molar-refractivity contribution in [2.45, 2.75) is 0 Å². The van der Waals surface area contributed by atoms with Crippen molar-refractivity contribution >= 4 is 22.4 Å². The predicted molar refractivity (Wildman–Crippen MR) is 39.5 cm³/mol. The Morgan fingerprint density at radius 1 is 1.82 bits per heavy atom. The molecule has 0 amide bonds. The topological polar surface area (TPSA) is 85.4 Å². The van der Waals surface area contributed by atoms with Gasteiger partial charge >= 0.3 is 5.97 Å². The lowest BCUT2D eigenvalue weighted by atomic mass is 10.5. The van der Waals surface area contributed by atoms with Crippen LogP contribution in [0.5, 0.6) is 5.06 Å². The fourth-order valence-electron chi connectivity index (χ4n) is 0.558. The van der Waals surface area contributed by atoms with Crippen molar-refractivity contribution in [1.82, 2.24) is 4.98 Å². The molecule has 5 nitrogen and oxygen atoms in total. The fourth-order valence-corrected chi connectivity index (χ4v) is 1.12. The highest BCUT2D eigenvalue weighted by Crippen LogP contribution is 2.27. The Balaban J connectivity index is 3.03. The van der Waals surface area contributed by atoms with Crippen molar-refractivity contribution < 1.29 is 14.6 Å². The van der Waals surface area contributed by atoms with Gasteiger partial charge in [-0.25, -0.2) is 9.78 Å². The first-order valence-electron chi connectivity index (χ1n) is 2.68. The molecule has 0 aliphatic heterocycles. The van der Waals surface area contributed by atoms with Crippen LogP contribution in [-0.2, 0) is 4.74 Å². The molecule has 3 N–H and O–H groups in total. The Morgan fingerprint density at radius 3 is 2.82 bits per heavy atom. The number of esters is 1. The minimum absolute atomic E-state index is 0.130. The van der Waals surface area contributed by atoms with Crippen LogP contribution >= 0.6 is 11.3 Å². The second-order valence-electron chi connectivity index (χ2n) is 1.70. The van der Waals surface area contributed by atoms with E-state index in [4.69, 9.17) is 10.8 Å². The summed E-state index contributed by atoms with van der Waals surface area (Å²) in [5, 5.41) is 8.94. The highest BCUT2D eigenvalue weighted by atomic mass is 32.1. The standard InChI is InChI=1S/C5H6N2O3S/c1-10-3(8)2-4(9)11-5(6)7-2/h9H,1H3,(H2,6,7). The molecular formula is C5H6N2O3S. The molecule has 1 aromatic rings. The summed E-state index contributed by atoms with van der Waals surface area (Å²) >= 11 is 0.834. The average Bonchev–Trinajstić information content (AvgIpc) is 2.28. The van der Waals surface area contributed by atoms with Crippen molar-refractivity contribution in [2.75, 3.05) is 12.8 Å². The fraction of sp³-hybridized carbons (Fsp3) is 0.200. The van der Waals surface area contributed by atoms with Gasteiger partial charge in [-0.1, -0.05) is 11.3 Å². The van der Waals surface area contributed by atoms with Gasteiger partial charge in [0, 0.05) is 0 Å². The molecule has 0 fully saturated rings. The van der Waals surface area contributed by atoms with E-state index in [1.54, 1.807) is 0 Å². The Hall–Kier alpha value is -1.30. The van der Waals surface area contributed by atoms with Crippen LogP contribution < -0.4 is 5.73 Å². The number of ether oxygens (including phenoxy) is 1. The number of nitrogens with two attached hydrogens (primary N) is 1. The van der Waals surface area contributed by atoms with Crippen molar-refractivity contribution in [2.24, 2.45) is 0 Å². The average molecular weight is 174 g/mol. The number of hydrogen-bond donors (Lipinski definition) is 2. The Labute approximate surface area is 66.4 Å². The van der Waals surface area contributed by atoms with E-state index in [1.165, 1.54) is 7.11 Å². The summed E-state index contributed by atoms with van der Waals surface area (Å²) in [5.41, 5.74) is 5.08. The van der Waals surface area contributed by atoms with Crippen LogP contribution in [0.2, 0.25) is 0 Å². The molecule has 0 aromatic carbocycles. The molecule has 0 aliphatic rings. The summed E-state index contributed by atoms with van der Waals surface area (Å²) in [6, 6.07) is 0. The number of nitrogens with zero attached hydrogens (tertiary/aromatic N) is 1. The maximum absolute atomic E-state index is 10.8. The van der Waals surface area contributed by atoms with E-state index in [2.05, 4.69) is 9.72 Å². The summed E-state index contributed by atoms with van der Waals surface area (Å²) < 4.78 is 4.32. The van der Waals surface area contributed by atoms with E-state index in [1.807, 2.05) is 0 Å². The van der Waals surface area contributed by atoms with Gasteiger partial charge in [0.1, 0.15) is 0 Å². The van der Waals surface area contributed by atoms with Gasteiger partial charge in [-0.3, -0.25) is 0 Å². The van der Waals surface area contributed by atoms with Crippen LogP contribution in [0.25, 0.3) is 0 Å². The summed E-state index contributed by atoms with van der Waals surface area (Å²) in [5.74, 6) is -0.685. The third-order valence-corrected chi connectivity index (χ3v) is 1.69. The third kappa shape index (κ3) is 1.40. The largest absolute Gasteiger partial charge is 0.498 e. The van der Waals surface area contributed by atoms with Gasteiger partial charge in [0.25, 0.3) is 0 Å². The number of thiazole rings is 1. The number of nitrogen functional groups attached to an aromatic ring is 1. The molecular weight excluding hydrogens is 168 g/mol. The zero-order chi connectivity index (χ0) is 8.43. The summed E-state index contributed by atoms with van der Waals surface area (Å²) in [6.07, 6.45) is 0. The number of anilines is 1. The van der Waals surface area contributed by atoms with Gasteiger partial charge in [0.2, 0.25) is 10.8 Å². The van der Waals surface area contributed by atoms with Crippen molar-refractivity contribution in [3.63, 3.8) is 0 Å². The van der Waals surface area contributed by atoms with E-state index in [-0.39, 0.29) is 15.9 Å². The second kappa shape index (κ2) is 2.75. The highest BCUT2D eigenvalue weighted by Gasteiger charge is 2.16. The van der Waals surface area contributed by atoms with E-state index in [9.17, 15) is 4.79 Å². The van der Waals surface area contributed by atoms with E-state index >= 15 is 0 Å². The number of hydrogen-bond acceptors (Lipinski definition) is 6. The lowest BCUT2D eigenvalue weighted by Crippen LogP contribution is -2.01. The molecule has 1 rings (SSSR count). The molecule has 0 saturated heterocycles. The van der Waals surface area contributed by atoms with Crippen LogP contribution in [0, 0.1) is 0 Å². The van der Waals surface area contributed by atoms with Crippen molar-refractivity contribution in [3.8, 4) is 5.06 Å². The van der Waals surface area contributed by atoms with E-state index in [0.29, 0.717) is 0 Å². The summed E-state index contributed by atoms with van der Waals surface area (Å²) in [6.45, 7) is 0.